The molecule has 0 atom stereocenters. The van der Waals surface area contributed by atoms with Crippen molar-refractivity contribution in [2.45, 2.75) is 18.2 Å². The molecule has 1 amide bonds. The number of aryl methyl sites for hydroxylation is 2. The molecule has 2 heterocycles. The van der Waals surface area contributed by atoms with E-state index in [0.717, 1.165) is 0 Å². The Bertz CT molecular complexity index is 1410. The largest absolute Gasteiger partial charge is 0.416 e. The average Bonchev–Trinajstić information content (AvgIpc) is 3.40. The summed E-state index contributed by atoms with van der Waals surface area (Å²) in [4.78, 5) is 12.2. The predicted octanol–water partition coefficient (Wildman–Crippen LogP) is 6.46. The molecule has 0 aliphatic heterocycles. The number of anilines is 1. The SMILES string of the molecule is O=C(CSc1nnc(CCn2c3ccccc3c3ccccc32)o1)Nc1ccc(Cl)cc1Cl. The van der Waals surface area contributed by atoms with Crippen LogP contribution in [0.15, 0.2) is 76.4 Å². The molecule has 0 bridgehead atoms. The first kappa shape index (κ1) is 21.8. The molecule has 1 N–H and O–H groups in total. The Labute approximate surface area is 203 Å². The minimum atomic E-state index is -0.228. The number of nitrogens with zero attached hydrogens (tertiary/aromatic N) is 3. The molecule has 0 saturated heterocycles. The minimum Gasteiger partial charge on any atom is -0.416 e. The summed E-state index contributed by atoms with van der Waals surface area (Å²) in [5.41, 5.74) is 2.85. The Balaban J connectivity index is 1.22. The van der Waals surface area contributed by atoms with Gasteiger partial charge in [0.25, 0.3) is 5.22 Å². The third-order valence-corrected chi connectivity index (χ3v) is 6.58. The maximum absolute atomic E-state index is 12.2. The van der Waals surface area contributed by atoms with Crippen LogP contribution in [0.1, 0.15) is 5.89 Å². The van der Waals surface area contributed by atoms with Gasteiger partial charge in [-0.25, -0.2) is 0 Å². The number of nitrogens with one attached hydrogen (secondary N) is 1. The summed E-state index contributed by atoms with van der Waals surface area (Å²) in [7, 11) is 0. The van der Waals surface area contributed by atoms with E-state index in [0.29, 0.717) is 39.8 Å². The van der Waals surface area contributed by atoms with E-state index in [-0.39, 0.29) is 11.7 Å². The monoisotopic (exact) mass is 496 g/mol. The second kappa shape index (κ2) is 9.47. The minimum absolute atomic E-state index is 0.119. The van der Waals surface area contributed by atoms with Crippen molar-refractivity contribution in [2.75, 3.05) is 11.1 Å². The van der Waals surface area contributed by atoms with Crippen molar-refractivity contribution in [1.29, 1.82) is 0 Å². The first-order valence-corrected chi connectivity index (χ1v) is 12.0. The van der Waals surface area contributed by atoms with Crippen LogP contribution in [0.4, 0.5) is 5.69 Å². The number of fused-ring (bicyclic) bond motifs is 3. The molecule has 0 saturated carbocycles. The number of rotatable bonds is 7. The Kier molecular flexibility index (Phi) is 6.26. The number of benzene rings is 3. The second-order valence-corrected chi connectivity index (χ2v) is 9.13. The Hall–Kier alpha value is -3.00. The van der Waals surface area contributed by atoms with Crippen molar-refractivity contribution in [3.05, 3.63) is 82.7 Å². The summed E-state index contributed by atoms with van der Waals surface area (Å²) in [6.07, 6.45) is 0.586. The molecular formula is C24H18Cl2N4O2S. The van der Waals surface area contributed by atoms with Crippen LogP contribution < -0.4 is 5.32 Å². The molecule has 0 spiro atoms. The molecule has 0 unspecified atom stereocenters. The molecule has 5 aromatic rings. The van der Waals surface area contributed by atoms with Crippen molar-refractivity contribution >= 4 is 68.4 Å². The lowest BCUT2D eigenvalue weighted by Gasteiger charge is -2.06. The molecule has 2 aromatic heterocycles. The highest BCUT2D eigenvalue weighted by Gasteiger charge is 2.14. The molecule has 5 rings (SSSR count). The van der Waals surface area contributed by atoms with Gasteiger partial charge < -0.3 is 14.3 Å². The molecule has 0 fully saturated rings. The molecule has 3 aromatic carbocycles. The van der Waals surface area contributed by atoms with E-state index in [9.17, 15) is 4.79 Å². The number of hydrogen-bond acceptors (Lipinski definition) is 5. The van der Waals surface area contributed by atoms with Crippen molar-refractivity contribution < 1.29 is 9.21 Å². The Morgan fingerprint density at radius 3 is 2.36 bits per heavy atom. The van der Waals surface area contributed by atoms with Gasteiger partial charge in [-0.05, 0) is 30.3 Å². The second-order valence-electron chi connectivity index (χ2n) is 7.36. The summed E-state index contributed by atoms with van der Waals surface area (Å²) in [5.74, 6) is 0.419. The van der Waals surface area contributed by atoms with E-state index >= 15 is 0 Å². The lowest BCUT2D eigenvalue weighted by molar-refractivity contribution is -0.113. The topological polar surface area (TPSA) is 73.0 Å². The first-order valence-electron chi connectivity index (χ1n) is 10.2. The third-order valence-electron chi connectivity index (χ3n) is 5.21. The van der Waals surface area contributed by atoms with Gasteiger partial charge in [0, 0.05) is 39.8 Å². The number of aromatic nitrogens is 3. The number of para-hydroxylation sites is 2. The van der Waals surface area contributed by atoms with E-state index in [1.165, 1.54) is 33.6 Å². The van der Waals surface area contributed by atoms with Crippen LogP contribution in [0.5, 0.6) is 0 Å². The summed E-state index contributed by atoms with van der Waals surface area (Å²) < 4.78 is 8.02. The third kappa shape index (κ3) is 4.71. The van der Waals surface area contributed by atoms with Crippen LogP contribution in [0, 0.1) is 0 Å². The molecule has 9 heteroatoms. The lowest BCUT2D eigenvalue weighted by Crippen LogP contribution is -2.14. The van der Waals surface area contributed by atoms with E-state index in [2.05, 4.69) is 56.5 Å². The number of halogens is 2. The fourth-order valence-electron chi connectivity index (χ4n) is 3.75. The Morgan fingerprint density at radius 1 is 0.970 bits per heavy atom. The van der Waals surface area contributed by atoms with E-state index in [4.69, 9.17) is 27.6 Å². The average molecular weight is 497 g/mol. The highest BCUT2D eigenvalue weighted by Crippen LogP contribution is 2.29. The molecule has 166 valence electrons. The van der Waals surface area contributed by atoms with Crippen LogP contribution in [0.2, 0.25) is 10.0 Å². The number of amides is 1. The number of thioether (sulfide) groups is 1. The van der Waals surface area contributed by atoms with Gasteiger partial charge in [0.15, 0.2) is 0 Å². The normalized spacial score (nSPS) is 11.3. The van der Waals surface area contributed by atoms with Gasteiger partial charge in [-0.3, -0.25) is 4.79 Å². The molecule has 6 nitrogen and oxygen atoms in total. The zero-order valence-electron chi connectivity index (χ0n) is 17.3. The summed E-state index contributed by atoms with van der Waals surface area (Å²) in [5, 5.41) is 14.6. The zero-order chi connectivity index (χ0) is 22.8. The first-order chi connectivity index (χ1) is 16.1. The van der Waals surface area contributed by atoms with Gasteiger partial charge in [0.05, 0.1) is 16.5 Å². The molecular weight excluding hydrogens is 479 g/mol. The molecule has 33 heavy (non-hydrogen) atoms. The van der Waals surface area contributed by atoms with Crippen molar-refractivity contribution in [3.63, 3.8) is 0 Å². The van der Waals surface area contributed by atoms with Gasteiger partial charge in [0.1, 0.15) is 0 Å². The van der Waals surface area contributed by atoms with Crippen LogP contribution in [-0.2, 0) is 17.8 Å². The van der Waals surface area contributed by atoms with Crippen molar-refractivity contribution in [3.8, 4) is 0 Å². The summed E-state index contributed by atoms with van der Waals surface area (Å²) >= 11 is 13.2. The molecule has 0 aliphatic carbocycles. The molecule has 0 radical (unpaired) electrons. The van der Waals surface area contributed by atoms with Gasteiger partial charge >= 0.3 is 0 Å². The van der Waals surface area contributed by atoms with Gasteiger partial charge in [-0.1, -0.05) is 71.4 Å². The van der Waals surface area contributed by atoms with E-state index in [1.807, 2.05) is 12.1 Å². The van der Waals surface area contributed by atoms with E-state index in [1.54, 1.807) is 18.2 Å². The summed E-state index contributed by atoms with van der Waals surface area (Å²) in [6, 6.07) is 21.6. The van der Waals surface area contributed by atoms with Crippen LogP contribution in [0.3, 0.4) is 0 Å². The number of hydrogen-bond donors (Lipinski definition) is 1. The summed E-state index contributed by atoms with van der Waals surface area (Å²) in [6.45, 7) is 0.704. The van der Waals surface area contributed by atoms with Gasteiger partial charge in [0.2, 0.25) is 11.8 Å². The van der Waals surface area contributed by atoms with Gasteiger partial charge in [-0.2, -0.15) is 0 Å². The standard InChI is InChI=1S/C24H18Cl2N4O2S/c25-15-9-10-19(18(26)13-15)27-22(31)14-33-24-29-28-23(32-24)11-12-30-20-7-3-1-5-16(20)17-6-2-4-8-21(17)30/h1-10,13H,11-12,14H2,(H,27,31). The molecule has 0 aliphatic rings. The van der Waals surface area contributed by atoms with E-state index < -0.39 is 0 Å². The quantitative estimate of drug-likeness (QED) is 0.262. The van der Waals surface area contributed by atoms with Crippen molar-refractivity contribution in [1.82, 2.24) is 14.8 Å². The van der Waals surface area contributed by atoms with Crippen molar-refractivity contribution in [2.24, 2.45) is 0 Å². The number of carbonyl (C=O) groups excluding carboxylic acids is 1. The maximum Gasteiger partial charge on any atom is 0.277 e. The van der Waals surface area contributed by atoms with Crippen LogP contribution in [-0.4, -0.2) is 26.4 Å². The highest BCUT2D eigenvalue weighted by atomic mass is 35.5. The van der Waals surface area contributed by atoms with Gasteiger partial charge in [-0.15, -0.1) is 10.2 Å². The smallest absolute Gasteiger partial charge is 0.277 e. The fraction of sp³-hybridized carbons (Fsp3) is 0.125. The Morgan fingerprint density at radius 2 is 1.67 bits per heavy atom. The zero-order valence-corrected chi connectivity index (χ0v) is 19.6. The predicted molar refractivity (Wildman–Crippen MR) is 133 cm³/mol. The maximum atomic E-state index is 12.2. The highest BCUT2D eigenvalue weighted by molar-refractivity contribution is 7.99. The van der Waals surface area contributed by atoms with Crippen LogP contribution >= 0.6 is 35.0 Å². The number of carbonyl (C=O) groups is 1. The fourth-order valence-corrected chi connectivity index (χ4v) is 4.79. The van der Waals surface area contributed by atoms with Crippen LogP contribution in [0.25, 0.3) is 21.8 Å². The lowest BCUT2D eigenvalue weighted by atomic mass is 10.2.